The maximum Gasteiger partial charge on any atom is 0.169 e. The Morgan fingerprint density at radius 2 is 1.38 bits per heavy atom. The first-order valence-corrected chi connectivity index (χ1v) is 6.10. The van der Waals surface area contributed by atoms with Gasteiger partial charge in [-0.2, -0.15) is 0 Å². The number of methoxy groups -OCH3 is 2. The van der Waals surface area contributed by atoms with Crippen LogP contribution in [0.3, 0.4) is 0 Å². The van der Waals surface area contributed by atoms with E-state index in [1.54, 1.807) is 0 Å². The first kappa shape index (κ1) is 15.0. The third-order valence-corrected chi connectivity index (χ3v) is 2.95. The molecular formula is C16H13F3O2. The summed E-state index contributed by atoms with van der Waals surface area (Å²) in [6, 6.07) is 9.19. The van der Waals surface area contributed by atoms with Crippen molar-refractivity contribution >= 4 is 11.7 Å². The summed E-state index contributed by atoms with van der Waals surface area (Å²) < 4.78 is 51.7. The molecule has 0 fully saturated rings. The van der Waals surface area contributed by atoms with E-state index in [-0.39, 0.29) is 11.3 Å². The van der Waals surface area contributed by atoms with Crippen LogP contribution in [0.1, 0.15) is 11.1 Å². The molecule has 0 spiro atoms. The molecule has 0 heterocycles. The summed E-state index contributed by atoms with van der Waals surface area (Å²) in [6.45, 7) is 0. The van der Waals surface area contributed by atoms with Crippen LogP contribution in [0.25, 0.3) is 11.7 Å². The lowest BCUT2D eigenvalue weighted by molar-refractivity contribution is 0.411. The topological polar surface area (TPSA) is 18.5 Å². The van der Waals surface area contributed by atoms with Gasteiger partial charge in [-0.1, -0.05) is 0 Å². The molecule has 2 nitrogen and oxygen atoms in total. The van der Waals surface area contributed by atoms with E-state index in [0.717, 1.165) is 12.1 Å². The molecule has 0 amide bonds. The van der Waals surface area contributed by atoms with Crippen molar-refractivity contribution in [3.8, 4) is 11.5 Å². The van der Waals surface area contributed by atoms with E-state index in [2.05, 4.69) is 0 Å². The highest BCUT2D eigenvalue weighted by atomic mass is 19.2. The zero-order chi connectivity index (χ0) is 15.4. The molecule has 110 valence electrons. The van der Waals surface area contributed by atoms with Crippen molar-refractivity contribution in [2.45, 2.75) is 0 Å². The lowest BCUT2D eigenvalue weighted by Gasteiger charge is -2.06. The summed E-state index contributed by atoms with van der Waals surface area (Å²) in [5, 5.41) is 0. The second kappa shape index (κ2) is 6.35. The molecular weight excluding hydrogens is 281 g/mol. The van der Waals surface area contributed by atoms with Gasteiger partial charge in [-0.3, -0.25) is 0 Å². The van der Waals surface area contributed by atoms with Crippen LogP contribution in [-0.4, -0.2) is 14.2 Å². The molecule has 0 saturated carbocycles. The first-order valence-electron chi connectivity index (χ1n) is 6.10. The van der Waals surface area contributed by atoms with E-state index in [9.17, 15) is 13.2 Å². The summed E-state index contributed by atoms with van der Waals surface area (Å²) in [5.74, 6) is -2.55. The zero-order valence-corrected chi connectivity index (χ0v) is 11.5. The molecule has 2 aromatic rings. The molecule has 0 bridgehead atoms. The molecule has 0 aromatic heterocycles. The molecule has 5 heteroatoms. The summed E-state index contributed by atoms with van der Waals surface area (Å²) >= 11 is 0. The van der Waals surface area contributed by atoms with Gasteiger partial charge in [0.05, 0.1) is 14.2 Å². The van der Waals surface area contributed by atoms with E-state index in [4.69, 9.17) is 9.47 Å². The van der Waals surface area contributed by atoms with E-state index in [0.29, 0.717) is 5.75 Å². The molecule has 0 N–H and O–H groups in total. The van der Waals surface area contributed by atoms with Crippen molar-refractivity contribution in [3.05, 3.63) is 59.4 Å². The SMILES string of the molecule is COc1ccc(/C(F)=C(\F)c2ccc(OC)cc2F)cc1. The lowest BCUT2D eigenvalue weighted by Crippen LogP contribution is -1.91. The summed E-state index contributed by atoms with van der Waals surface area (Å²) in [4.78, 5) is 0. The molecule has 21 heavy (non-hydrogen) atoms. The third kappa shape index (κ3) is 3.18. The predicted molar refractivity (Wildman–Crippen MR) is 75.0 cm³/mol. The Morgan fingerprint density at radius 1 is 0.810 bits per heavy atom. The second-order valence-electron chi connectivity index (χ2n) is 4.20. The maximum atomic E-state index is 14.1. The van der Waals surface area contributed by atoms with E-state index >= 15 is 0 Å². The number of rotatable bonds is 4. The van der Waals surface area contributed by atoms with Crippen LogP contribution in [0.4, 0.5) is 13.2 Å². The highest BCUT2D eigenvalue weighted by Crippen LogP contribution is 2.32. The van der Waals surface area contributed by atoms with Gasteiger partial charge in [0.25, 0.3) is 0 Å². The van der Waals surface area contributed by atoms with E-state index in [1.807, 2.05) is 0 Å². The fourth-order valence-corrected chi connectivity index (χ4v) is 1.78. The Bertz CT molecular complexity index is 664. The van der Waals surface area contributed by atoms with Crippen molar-refractivity contribution in [3.63, 3.8) is 0 Å². The number of hydrogen-bond acceptors (Lipinski definition) is 2. The zero-order valence-electron chi connectivity index (χ0n) is 11.5. The van der Waals surface area contributed by atoms with Gasteiger partial charge in [-0.15, -0.1) is 0 Å². The summed E-state index contributed by atoms with van der Waals surface area (Å²) in [5.41, 5.74) is -0.451. The van der Waals surface area contributed by atoms with Gasteiger partial charge in [0.1, 0.15) is 17.3 Å². The molecule has 0 atom stereocenters. The normalized spacial score (nSPS) is 11.9. The maximum absolute atomic E-state index is 14.1. The van der Waals surface area contributed by atoms with Crippen molar-refractivity contribution in [2.24, 2.45) is 0 Å². The minimum atomic E-state index is -1.26. The number of benzene rings is 2. The molecule has 2 aromatic carbocycles. The van der Waals surface area contributed by atoms with Crippen molar-refractivity contribution in [1.82, 2.24) is 0 Å². The average Bonchev–Trinajstić information content (AvgIpc) is 2.53. The second-order valence-corrected chi connectivity index (χ2v) is 4.20. The highest BCUT2D eigenvalue weighted by Gasteiger charge is 2.16. The van der Waals surface area contributed by atoms with Crippen LogP contribution in [0.2, 0.25) is 0 Å². The fraction of sp³-hybridized carbons (Fsp3) is 0.125. The standard InChI is InChI=1S/C16H13F3O2/c1-20-11-5-3-10(4-6-11)15(18)16(19)13-8-7-12(21-2)9-14(13)17/h3-9H,1-2H3/b16-15+. The van der Waals surface area contributed by atoms with Crippen molar-refractivity contribution < 1.29 is 22.6 Å². The molecule has 0 saturated heterocycles. The Kier molecular flexibility index (Phi) is 4.52. The van der Waals surface area contributed by atoms with Crippen molar-refractivity contribution in [1.29, 1.82) is 0 Å². The minimum absolute atomic E-state index is 0.00326. The van der Waals surface area contributed by atoms with Crippen LogP contribution in [0.15, 0.2) is 42.5 Å². The van der Waals surface area contributed by atoms with Crippen LogP contribution in [0.5, 0.6) is 11.5 Å². The lowest BCUT2D eigenvalue weighted by atomic mass is 10.1. The first-order chi connectivity index (χ1) is 10.1. The Hall–Kier alpha value is -2.43. The number of hydrogen-bond donors (Lipinski definition) is 0. The van der Waals surface area contributed by atoms with E-state index < -0.39 is 23.0 Å². The molecule has 0 aliphatic rings. The van der Waals surface area contributed by atoms with Crippen molar-refractivity contribution in [2.75, 3.05) is 14.2 Å². The van der Waals surface area contributed by atoms with Gasteiger partial charge in [0.2, 0.25) is 0 Å². The molecule has 0 aliphatic heterocycles. The number of ether oxygens (including phenoxy) is 2. The fourth-order valence-electron chi connectivity index (χ4n) is 1.78. The molecule has 0 unspecified atom stereocenters. The molecule has 0 aliphatic carbocycles. The quantitative estimate of drug-likeness (QED) is 0.767. The van der Waals surface area contributed by atoms with Crippen LogP contribution < -0.4 is 9.47 Å². The number of halogens is 3. The largest absolute Gasteiger partial charge is 0.497 e. The van der Waals surface area contributed by atoms with Gasteiger partial charge >= 0.3 is 0 Å². The van der Waals surface area contributed by atoms with Gasteiger partial charge in [-0.25, -0.2) is 13.2 Å². The van der Waals surface area contributed by atoms with Gasteiger partial charge < -0.3 is 9.47 Å². The van der Waals surface area contributed by atoms with Crippen LogP contribution >= 0.6 is 0 Å². The monoisotopic (exact) mass is 294 g/mol. The third-order valence-electron chi connectivity index (χ3n) is 2.95. The van der Waals surface area contributed by atoms with E-state index in [1.165, 1.54) is 44.6 Å². The molecule has 2 rings (SSSR count). The van der Waals surface area contributed by atoms with Gasteiger partial charge in [0.15, 0.2) is 11.7 Å². The molecule has 0 radical (unpaired) electrons. The predicted octanol–water partition coefficient (Wildman–Crippen LogP) is 4.61. The summed E-state index contributed by atoms with van der Waals surface area (Å²) in [6.07, 6.45) is 0. The minimum Gasteiger partial charge on any atom is -0.497 e. The van der Waals surface area contributed by atoms with Gasteiger partial charge in [0, 0.05) is 17.2 Å². The Balaban J connectivity index is 2.41. The van der Waals surface area contributed by atoms with Crippen LogP contribution in [-0.2, 0) is 0 Å². The average molecular weight is 294 g/mol. The highest BCUT2D eigenvalue weighted by molar-refractivity contribution is 5.83. The Morgan fingerprint density at radius 3 is 1.90 bits per heavy atom. The summed E-state index contributed by atoms with van der Waals surface area (Å²) in [7, 11) is 2.83. The Labute approximate surface area is 120 Å². The van der Waals surface area contributed by atoms with Gasteiger partial charge in [-0.05, 0) is 36.4 Å². The smallest absolute Gasteiger partial charge is 0.169 e. The van der Waals surface area contributed by atoms with Crippen LogP contribution in [0, 0.1) is 5.82 Å².